The van der Waals surface area contributed by atoms with Crippen LogP contribution in [0, 0.1) is 10.1 Å². The van der Waals surface area contributed by atoms with Crippen molar-refractivity contribution in [1.29, 1.82) is 0 Å². The van der Waals surface area contributed by atoms with Crippen LogP contribution >= 0.6 is 0 Å². The summed E-state index contributed by atoms with van der Waals surface area (Å²) >= 11 is 0. The van der Waals surface area contributed by atoms with Gasteiger partial charge in [0.25, 0.3) is 5.69 Å². The first-order valence-corrected chi connectivity index (χ1v) is 8.50. The van der Waals surface area contributed by atoms with Crippen molar-refractivity contribution >= 4 is 22.7 Å². The molecule has 1 aliphatic rings. The van der Waals surface area contributed by atoms with E-state index >= 15 is 0 Å². The number of anilines is 1. The predicted molar refractivity (Wildman–Crippen MR) is 96.7 cm³/mol. The van der Waals surface area contributed by atoms with Gasteiger partial charge < -0.3 is 14.1 Å². The molecule has 0 unspecified atom stereocenters. The molecular weight excluding hydrogens is 352 g/mol. The Bertz CT molecular complexity index is 967. The van der Waals surface area contributed by atoms with Crippen molar-refractivity contribution in [1.82, 2.24) is 19.9 Å². The van der Waals surface area contributed by atoms with E-state index in [2.05, 4.69) is 24.8 Å². The highest BCUT2D eigenvalue weighted by Crippen LogP contribution is 2.22. The number of hydrogen-bond acceptors (Lipinski definition) is 9. The van der Waals surface area contributed by atoms with E-state index in [4.69, 9.17) is 9.15 Å². The number of piperazine rings is 1. The molecule has 2 aromatic heterocycles. The number of non-ortho nitro benzene ring substituents is 1. The molecule has 1 saturated heterocycles. The average Bonchev–Trinajstić information content (AvgIpc) is 3.10. The van der Waals surface area contributed by atoms with Gasteiger partial charge in [0.05, 0.1) is 18.6 Å². The predicted octanol–water partition coefficient (Wildman–Crippen LogP) is 1.86. The normalized spacial score (nSPS) is 15.2. The van der Waals surface area contributed by atoms with E-state index < -0.39 is 4.92 Å². The topological polar surface area (TPSA) is 111 Å². The molecule has 10 heteroatoms. The summed E-state index contributed by atoms with van der Waals surface area (Å²) < 4.78 is 10.9. The molecule has 0 saturated carbocycles. The minimum absolute atomic E-state index is 0.00857. The average molecular weight is 370 g/mol. The maximum Gasteiger partial charge on any atom is 0.271 e. The Morgan fingerprint density at radius 3 is 2.78 bits per heavy atom. The lowest BCUT2D eigenvalue weighted by atomic mass is 10.3. The van der Waals surface area contributed by atoms with E-state index in [1.807, 2.05) is 0 Å². The van der Waals surface area contributed by atoms with Gasteiger partial charge in [0.1, 0.15) is 5.52 Å². The molecule has 27 heavy (non-hydrogen) atoms. The van der Waals surface area contributed by atoms with Crippen molar-refractivity contribution in [2.24, 2.45) is 0 Å². The zero-order chi connectivity index (χ0) is 18.8. The standard InChI is InChI=1S/C17H18N6O4/c1-26-15-4-5-18-17(20-15)22-8-6-21(7-9-22)11-16-19-13-10-12(23(24)25)2-3-14(13)27-16/h2-5,10H,6-9,11H2,1H3. The second-order valence-electron chi connectivity index (χ2n) is 6.18. The molecule has 0 N–H and O–H groups in total. The van der Waals surface area contributed by atoms with Crippen LogP contribution in [0.3, 0.4) is 0 Å². The number of benzene rings is 1. The second kappa shape index (κ2) is 7.16. The van der Waals surface area contributed by atoms with Crippen LogP contribution in [0.2, 0.25) is 0 Å². The summed E-state index contributed by atoms with van der Waals surface area (Å²) in [6, 6.07) is 6.16. The zero-order valence-corrected chi connectivity index (χ0v) is 14.7. The summed E-state index contributed by atoms with van der Waals surface area (Å²) in [4.78, 5) is 27.8. The SMILES string of the molecule is COc1ccnc(N2CCN(Cc3nc4cc([N+](=O)[O-])ccc4o3)CC2)n1. The lowest BCUT2D eigenvalue weighted by Gasteiger charge is -2.33. The van der Waals surface area contributed by atoms with Gasteiger partial charge in [0.2, 0.25) is 17.7 Å². The smallest absolute Gasteiger partial charge is 0.271 e. The minimum Gasteiger partial charge on any atom is -0.481 e. The fourth-order valence-electron chi connectivity index (χ4n) is 3.04. The van der Waals surface area contributed by atoms with Gasteiger partial charge in [-0.25, -0.2) is 9.97 Å². The molecule has 0 spiro atoms. The second-order valence-corrected chi connectivity index (χ2v) is 6.18. The van der Waals surface area contributed by atoms with Crippen molar-refractivity contribution in [2.45, 2.75) is 6.54 Å². The number of oxazole rings is 1. The molecule has 0 amide bonds. The largest absolute Gasteiger partial charge is 0.481 e. The van der Waals surface area contributed by atoms with E-state index in [-0.39, 0.29) is 5.69 Å². The molecule has 0 aliphatic carbocycles. The Balaban J connectivity index is 1.40. The third-order valence-electron chi connectivity index (χ3n) is 4.47. The van der Waals surface area contributed by atoms with Crippen LogP contribution in [-0.2, 0) is 6.54 Å². The van der Waals surface area contributed by atoms with Crippen LogP contribution in [0.25, 0.3) is 11.1 Å². The molecular formula is C17H18N6O4. The van der Waals surface area contributed by atoms with Crippen LogP contribution in [0.15, 0.2) is 34.9 Å². The van der Waals surface area contributed by atoms with Gasteiger partial charge in [0, 0.05) is 50.6 Å². The number of methoxy groups -OCH3 is 1. The summed E-state index contributed by atoms with van der Waals surface area (Å²) in [5.74, 6) is 1.75. The number of aromatic nitrogens is 3. The molecule has 0 bridgehead atoms. The number of nitro groups is 1. The maximum absolute atomic E-state index is 10.9. The highest BCUT2D eigenvalue weighted by molar-refractivity contribution is 5.75. The van der Waals surface area contributed by atoms with Gasteiger partial charge in [-0.1, -0.05) is 0 Å². The summed E-state index contributed by atoms with van der Waals surface area (Å²) in [6.45, 7) is 3.71. The number of nitro benzene ring substituents is 1. The summed E-state index contributed by atoms with van der Waals surface area (Å²) in [7, 11) is 1.58. The zero-order valence-electron chi connectivity index (χ0n) is 14.7. The summed E-state index contributed by atoms with van der Waals surface area (Å²) in [5, 5.41) is 10.9. The monoisotopic (exact) mass is 370 g/mol. The molecule has 3 aromatic rings. The highest BCUT2D eigenvalue weighted by atomic mass is 16.6. The van der Waals surface area contributed by atoms with Crippen molar-refractivity contribution in [3.63, 3.8) is 0 Å². The Hall–Kier alpha value is -3.27. The third kappa shape index (κ3) is 3.65. The molecule has 4 rings (SSSR count). The molecule has 0 radical (unpaired) electrons. The van der Waals surface area contributed by atoms with Gasteiger partial charge in [-0.05, 0) is 6.07 Å². The molecule has 1 aromatic carbocycles. The van der Waals surface area contributed by atoms with Gasteiger partial charge in [0.15, 0.2) is 5.58 Å². The Labute approximate surface area is 154 Å². The molecule has 140 valence electrons. The number of ether oxygens (including phenoxy) is 1. The minimum atomic E-state index is -0.437. The quantitative estimate of drug-likeness (QED) is 0.491. The third-order valence-corrected chi connectivity index (χ3v) is 4.47. The van der Waals surface area contributed by atoms with Gasteiger partial charge in [-0.2, -0.15) is 4.98 Å². The van der Waals surface area contributed by atoms with Crippen LogP contribution in [-0.4, -0.2) is 58.1 Å². The Morgan fingerprint density at radius 1 is 1.22 bits per heavy atom. The first-order valence-electron chi connectivity index (χ1n) is 8.50. The fraction of sp³-hybridized carbons (Fsp3) is 0.353. The van der Waals surface area contributed by atoms with Crippen LogP contribution in [0.4, 0.5) is 11.6 Å². The van der Waals surface area contributed by atoms with E-state index in [1.165, 1.54) is 12.1 Å². The molecule has 1 aliphatic heterocycles. The lowest BCUT2D eigenvalue weighted by molar-refractivity contribution is -0.384. The van der Waals surface area contributed by atoms with Crippen molar-refractivity contribution < 1.29 is 14.1 Å². The van der Waals surface area contributed by atoms with Crippen molar-refractivity contribution in [2.75, 3.05) is 38.2 Å². The van der Waals surface area contributed by atoms with Crippen molar-refractivity contribution in [3.8, 4) is 5.88 Å². The molecule has 1 fully saturated rings. The van der Waals surface area contributed by atoms with Gasteiger partial charge >= 0.3 is 0 Å². The number of rotatable bonds is 5. The van der Waals surface area contributed by atoms with E-state index in [0.717, 1.165) is 26.2 Å². The van der Waals surface area contributed by atoms with Crippen LogP contribution in [0.5, 0.6) is 5.88 Å². The number of fused-ring (bicyclic) bond motifs is 1. The van der Waals surface area contributed by atoms with E-state index in [9.17, 15) is 10.1 Å². The van der Waals surface area contributed by atoms with Crippen LogP contribution < -0.4 is 9.64 Å². The molecule has 10 nitrogen and oxygen atoms in total. The van der Waals surface area contributed by atoms with Crippen molar-refractivity contribution in [3.05, 3.63) is 46.5 Å². The maximum atomic E-state index is 10.9. The van der Waals surface area contributed by atoms with Gasteiger partial charge in [-0.15, -0.1) is 0 Å². The fourth-order valence-corrected chi connectivity index (χ4v) is 3.04. The summed E-state index contributed by atoms with van der Waals surface area (Å²) in [6.07, 6.45) is 1.69. The van der Waals surface area contributed by atoms with E-state index in [1.54, 1.807) is 25.4 Å². The lowest BCUT2D eigenvalue weighted by Crippen LogP contribution is -2.46. The highest BCUT2D eigenvalue weighted by Gasteiger charge is 2.21. The Morgan fingerprint density at radius 2 is 2.04 bits per heavy atom. The number of hydrogen-bond donors (Lipinski definition) is 0. The van der Waals surface area contributed by atoms with Crippen LogP contribution in [0.1, 0.15) is 5.89 Å². The first-order chi connectivity index (χ1) is 13.1. The van der Waals surface area contributed by atoms with Gasteiger partial charge in [-0.3, -0.25) is 15.0 Å². The first kappa shape index (κ1) is 17.2. The number of nitrogens with zero attached hydrogens (tertiary/aromatic N) is 6. The molecule has 3 heterocycles. The van der Waals surface area contributed by atoms with E-state index in [0.29, 0.717) is 35.4 Å². The molecule has 0 atom stereocenters. The summed E-state index contributed by atoms with van der Waals surface area (Å²) in [5.41, 5.74) is 1.07. The Kier molecular flexibility index (Phi) is 4.55.